The molecule has 31 heavy (non-hydrogen) atoms. The highest BCUT2D eigenvalue weighted by atomic mass is 16.5. The van der Waals surface area contributed by atoms with E-state index in [2.05, 4.69) is 10.4 Å². The Bertz CT molecular complexity index is 1310. The van der Waals surface area contributed by atoms with Crippen molar-refractivity contribution in [2.45, 2.75) is 26.8 Å². The maximum absolute atomic E-state index is 13.2. The third-order valence-electron chi connectivity index (χ3n) is 4.92. The van der Waals surface area contributed by atoms with Crippen molar-refractivity contribution >= 4 is 22.4 Å². The molecule has 0 unspecified atom stereocenters. The minimum absolute atomic E-state index is 0.180. The van der Waals surface area contributed by atoms with Gasteiger partial charge in [-0.15, -0.1) is 0 Å². The topological polar surface area (TPSA) is 73.2 Å². The molecular weight excluding hydrogens is 390 g/mol. The summed E-state index contributed by atoms with van der Waals surface area (Å²) in [7, 11) is 0. The standard InChI is InChI=1S/C25H23N3O3/c1-16(2)28-25(30)20-9-5-4-8-19(20)23(27-28)24(29)26-21-10-6-7-11-22(21)31-18-14-12-17(3)13-15-18/h4-16H,1-3H3,(H,26,29). The molecule has 0 atom stereocenters. The molecule has 0 fully saturated rings. The summed E-state index contributed by atoms with van der Waals surface area (Å²) in [5.74, 6) is 0.774. The van der Waals surface area contributed by atoms with Crippen LogP contribution in [-0.2, 0) is 0 Å². The number of carbonyl (C=O) groups is 1. The Hall–Kier alpha value is -3.93. The lowest BCUT2D eigenvalue weighted by Gasteiger charge is -2.15. The van der Waals surface area contributed by atoms with Crippen LogP contribution >= 0.6 is 0 Å². The van der Waals surface area contributed by atoms with Crippen molar-refractivity contribution in [2.75, 3.05) is 5.32 Å². The number of benzene rings is 3. The molecule has 3 aromatic carbocycles. The molecule has 1 aromatic heterocycles. The van der Waals surface area contributed by atoms with Gasteiger partial charge in [-0.05, 0) is 51.1 Å². The summed E-state index contributed by atoms with van der Waals surface area (Å²) in [5.41, 5.74) is 1.62. The summed E-state index contributed by atoms with van der Waals surface area (Å²) >= 11 is 0. The van der Waals surface area contributed by atoms with Gasteiger partial charge < -0.3 is 10.1 Å². The summed E-state index contributed by atoms with van der Waals surface area (Å²) < 4.78 is 7.32. The average molecular weight is 413 g/mol. The van der Waals surface area contributed by atoms with Crippen LogP contribution in [0.5, 0.6) is 11.5 Å². The molecule has 0 spiro atoms. The van der Waals surface area contributed by atoms with Crippen LogP contribution in [0.25, 0.3) is 10.8 Å². The number of ether oxygens (including phenoxy) is 1. The Morgan fingerprint density at radius 1 is 0.935 bits per heavy atom. The van der Waals surface area contributed by atoms with E-state index in [0.717, 1.165) is 5.56 Å². The van der Waals surface area contributed by atoms with Gasteiger partial charge in [-0.1, -0.05) is 48.0 Å². The molecule has 0 saturated heterocycles. The van der Waals surface area contributed by atoms with Crippen LogP contribution < -0.4 is 15.6 Å². The Kier molecular flexibility index (Phi) is 5.54. The van der Waals surface area contributed by atoms with Crippen LogP contribution in [0.2, 0.25) is 0 Å². The molecule has 1 heterocycles. The number of carbonyl (C=O) groups excluding carboxylic acids is 1. The molecule has 6 nitrogen and oxygen atoms in total. The largest absolute Gasteiger partial charge is 0.455 e. The van der Waals surface area contributed by atoms with Gasteiger partial charge in [0.1, 0.15) is 5.75 Å². The van der Waals surface area contributed by atoms with Crippen LogP contribution in [0.4, 0.5) is 5.69 Å². The van der Waals surface area contributed by atoms with Gasteiger partial charge in [0.2, 0.25) is 0 Å². The molecule has 0 aliphatic rings. The van der Waals surface area contributed by atoms with Crippen molar-refractivity contribution in [2.24, 2.45) is 0 Å². The van der Waals surface area contributed by atoms with Crippen LogP contribution in [0.1, 0.15) is 35.9 Å². The van der Waals surface area contributed by atoms with Gasteiger partial charge in [-0.25, -0.2) is 4.68 Å². The number of fused-ring (bicyclic) bond motifs is 1. The number of amides is 1. The molecule has 1 N–H and O–H groups in total. The predicted octanol–water partition coefficient (Wildman–Crippen LogP) is 5.33. The SMILES string of the molecule is Cc1ccc(Oc2ccccc2NC(=O)c2nn(C(C)C)c(=O)c3ccccc23)cc1. The Balaban J connectivity index is 1.71. The van der Waals surface area contributed by atoms with Gasteiger partial charge >= 0.3 is 0 Å². The van der Waals surface area contributed by atoms with Gasteiger partial charge in [0, 0.05) is 5.39 Å². The Morgan fingerprint density at radius 3 is 2.29 bits per heavy atom. The number of nitrogens with zero attached hydrogens (tertiary/aromatic N) is 2. The number of hydrogen-bond donors (Lipinski definition) is 1. The van der Waals surface area contributed by atoms with Crippen LogP contribution in [0, 0.1) is 6.92 Å². The lowest BCUT2D eigenvalue weighted by Crippen LogP contribution is -2.29. The first-order valence-corrected chi connectivity index (χ1v) is 10.1. The minimum atomic E-state index is -0.412. The zero-order valence-electron chi connectivity index (χ0n) is 17.6. The fourth-order valence-electron chi connectivity index (χ4n) is 3.30. The average Bonchev–Trinajstić information content (AvgIpc) is 2.77. The second-order valence-corrected chi connectivity index (χ2v) is 7.60. The molecule has 0 saturated carbocycles. The monoisotopic (exact) mass is 413 g/mol. The van der Waals surface area contributed by atoms with Gasteiger partial charge in [0.25, 0.3) is 11.5 Å². The number of anilines is 1. The molecule has 6 heteroatoms. The summed E-state index contributed by atoms with van der Waals surface area (Å²) in [6, 6.07) is 21.7. The second-order valence-electron chi connectivity index (χ2n) is 7.60. The summed E-state index contributed by atoms with van der Waals surface area (Å²) in [6.45, 7) is 5.72. The van der Waals surface area contributed by atoms with Crippen LogP contribution in [-0.4, -0.2) is 15.7 Å². The number of rotatable bonds is 5. The fourth-order valence-corrected chi connectivity index (χ4v) is 3.30. The smallest absolute Gasteiger partial charge is 0.276 e. The summed E-state index contributed by atoms with van der Waals surface area (Å²) in [5, 5.41) is 8.24. The van der Waals surface area contributed by atoms with Crippen molar-refractivity contribution in [3.05, 3.63) is 94.4 Å². The van der Waals surface area contributed by atoms with E-state index in [1.54, 1.807) is 36.4 Å². The van der Waals surface area contributed by atoms with Gasteiger partial charge in [-0.2, -0.15) is 5.10 Å². The number of aromatic nitrogens is 2. The lowest BCUT2D eigenvalue weighted by atomic mass is 10.1. The maximum Gasteiger partial charge on any atom is 0.276 e. The zero-order valence-corrected chi connectivity index (χ0v) is 17.6. The lowest BCUT2D eigenvalue weighted by molar-refractivity contribution is 0.102. The summed E-state index contributed by atoms with van der Waals surface area (Å²) in [6.07, 6.45) is 0. The highest BCUT2D eigenvalue weighted by Crippen LogP contribution is 2.30. The summed E-state index contributed by atoms with van der Waals surface area (Å²) in [4.78, 5) is 26.0. The van der Waals surface area contributed by atoms with Crippen LogP contribution in [0.3, 0.4) is 0 Å². The van der Waals surface area contributed by atoms with E-state index in [1.807, 2.05) is 57.2 Å². The van der Waals surface area contributed by atoms with E-state index in [4.69, 9.17) is 4.74 Å². The van der Waals surface area contributed by atoms with E-state index in [-0.39, 0.29) is 17.3 Å². The molecule has 0 bridgehead atoms. The molecule has 4 rings (SSSR count). The van der Waals surface area contributed by atoms with E-state index >= 15 is 0 Å². The third-order valence-corrected chi connectivity index (χ3v) is 4.92. The molecule has 0 radical (unpaired) electrons. The molecule has 4 aromatic rings. The van der Waals surface area contributed by atoms with Crippen molar-refractivity contribution in [3.8, 4) is 11.5 Å². The highest BCUT2D eigenvalue weighted by molar-refractivity contribution is 6.11. The van der Waals surface area contributed by atoms with E-state index in [9.17, 15) is 9.59 Å². The number of aryl methyl sites for hydroxylation is 1. The molecule has 0 aliphatic carbocycles. The number of nitrogens with one attached hydrogen (secondary N) is 1. The highest BCUT2D eigenvalue weighted by Gasteiger charge is 2.19. The van der Waals surface area contributed by atoms with Crippen molar-refractivity contribution in [1.29, 1.82) is 0 Å². The molecule has 1 amide bonds. The quantitative estimate of drug-likeness (QED) is 0.480. The van der Waals surface area contributed by atoms with E-state index in [1.165, 1.54) is 4.68 Å². The molecular formula is C25H23N3O3. The minimum Gasteiger partial charge on any atom is -0.455 e. The van der Waals surface area contributed by atoms with Crippen LogP contribution in [0.15, 0.2) is 77.6 Å². The van der Waals surface area contributed by atoms with Crippen molar-refractivity contribution in [3.63, 3.8) is 0 Å². The normalized spacial score (nSPS) is 11.0. The third kappa shape index (κ3) is 4.19. The van der Waals surface area contributed by atoms with Crippen molar-refractivity contribution in [1.82, 2.24) is 9.78 Å². The zero-order chi connectivity index (χ0) is 22.0. The first-order valence-electron chi connectivity index (χ1n) is 10.1. The predicted molar refractivity (Wildman–Crippen MR) is 122 cm³/mol. The first-order chi connectivity index (χ1) is 14.9. The fraction of sp³-hybridized carbons (Fsp3) is 0.160. The Labute approximate surface area is 180 Å². The molecule has 0 aliphatic heterocycles. The number of para-hydroxylation sites is 2. The van der Waals surface area contributed by atoms with Gasteiger partial charge in [0.15, 0.2) is 11.4 Å². The van der Waals surface area contributed by atoms with E-state index in [0.29, 0.717) is 28.0 Å². The Morgan fingerprint density at radius 2 is 1.58 bits per heavy atom. The second kappa shape index (κ2) is 8.44. The van der Waals surface area contributed by atoms with Crippen molar-refractivity contribution < 1.29 is 9.53 Å². The first kappa shape index (κ1) is 20.3. The van der Waals surface area contributed by atoms with E-state index < -0.39 is 5.91 Å². The van der Waals surface area contributed by atoms with Gasteiger partial charge in [-0.3, -0.25) is 9.59 Å². The number of hydrogen-bond acceptors (Lipinski definition) is 4. The van der Waals surface area contributed by atoms with Gasteiger partial charge in [0.05, 0.1) is 17.1 Å². The maximum atomic E-state index is 13.2. The molecule has 156 valence electrons.